The second-order valence-corrected chi connectivity index (χ2v) is 9.98. The van der Waals surface area contributed by atoms with Gasteiger partial charge in [0.2, 0.25) is 10.0 Å². The first kappa shape index (κ1) is 24.3. The summed E-state index contributed by atoms with van der Waals surface area (Å²) in [5.41, 5.74) is 0.972. The summed E-state index contributed by atoms with van der Waals surface area (Å²) in [6.45, 7) is 2.70. The molecule has 2 aromatic carbocycles. The average Bonchev–Trinajstić information content (AvgIpc) is 2.69. The topological polar surface area (TPSA) is 87.7 Å². The number of anilines is 1. The summed E-state index contributed by atoms with van der Waals surface area (Å²) in [4.78, 5) is 12.6. The van der Waals surface area contributed by atoms with Crippen molar-refractivity contribution < 1.29 is 17.9 Å². The molecule has 0 spiro atoms. The number of hydrogen-bond donors (Lipinski definition) is 2. The number of carbonyl (C=O) groups excluding carboxylic acids is 1. The number of halogens is 1. The highest BCUT2D eigenvalue weighted by atomic mass is 79.9. The lowest BCUT2D eigenvalue weighted by Gasteiger charge is -2.13. The quantitative estimate of drug-likeness (QED) is 0.409. The van der Waals surface area contributed by atoms with E-state index in [1.807, 2.05) is 0 Å². The van der Waals surface area contributed by atoms with Gasteiger partial charge in [0.15, 0.2) is 5.11 Å². The zero-order chi connectivity index (χ0) is 22.3. The molecule has 2 aromatic rings. The van der Waals surface area contributed by atoms with Gasteiger partial charge in [0, 0.05) is 25.3 Å². The Morgan fingerprint density at radius 2 is 1.83 bits per heavy atom. The monoisotopic (exact) mass is 513 g/mol. The molecule has 0 aliphatic heterocycles. The molecule has 30 heavy (non-hydrogen) atoms. The molecular weight excluding hydrogens is 490 g/mol. The molecule has 2 rings (SSSR count). The first-order valence-electron chi connectivity index (χ1n) is 9.22. The van der Waals surface area contributed by atoms with E-state index in [2.05, 4.69) is 33.5 Å². The molecule has 0 saturated carbocycles. The highest BCUT2D eigenvalue weighted by molar-refractivity contribution is 9.10. The Hall–Kier alpha value is -2.01. The Morgan fingerprint density at radius 3 is 2.40 bits per heavy atom. The highest BCUT2D eigenvalue weighted by Crippen LogP contribution is 2.26. The van der Waals surface area contributed by atoms with Crippen LogP contribution in [0.15, 0.2) is 51.8 Å². The summed E-state index contributed by atoms with van der Waals surface area (Å²) < 4.78 is 31.7. The number of sulfonamides is 1. The first-order valence-corrected chi connectivity index (χ1v) is 11.9. The number of carbonyl (C=O) groups is 1. The number of unbranched alkanes of at least 4 members (excludes halogenated alkanes) is 1. The lowest BCUT2D eigenvalue weighted by molar-refractivity contribution is 0.0977. The minimum absolute atomic E-state index is 0.0996. The third-order valence-corrected chi connectivity index (χ3v) is 6.72. The third-order valence-electron chi connectivity index (χ3n) is 4.07. The molecule has 2 N–H and O–H groups in total. The Balaban J connectivity index is 1.98. The molecule has 0 atom stereocenters. The third kappa shape index (κ3) is 6.49. The molecule has 0 aromatic heterocycles. The standard InChI is InChI=1S/C20H24BrN3O4S2/c1-4-5-12-28-18-11-6-14(13-17(18)21)19(25)23-20(29)22-15-7-9-16(10-8-15)30(26,27)24(2)3/h6-11,13H,4-5,12H2,1-3H3,(H2,22,23,25,29). The zero-order valence-corrected chi connectivity index (χ0v) is 20.2. The van der Waals surface area contributed by atoms with E-state index in [0.717, 1.165) is 17.1 Å². The van der Waals surface area contributed by atoms with Crippen LogP contribution in [0, 0.1) is 0 Å². The van der Waals surface area contributed by atoms with Crippen molar-refractivity contribution >= 4 is 54.9 Å². The number of ether oxygens (including phenoxy) is 1. The van der Waals surface area contributed by atoms with Crippen molar-refractivity contribution in [2.45, 2.75) is 24.7 Å². The van der Waals surface area contributed by atoms with E-state index in [-0.39, 0.29) is 15.9 Å². The summed E-state index contributed by atoms with van der Waals surface area (Å²) in [6, 6.07) is 11.1. The van der Waals surface area contributed by atoms with Crippen LogP contribution in [0.3, 0.4) is 0 Å². The molecule has 7 nitrogen and oxygen atoms in total. The van der Waals surface area contributed by atoms with Crippen molar-refractivity contribution in [1.29, 1.82) is 0 Å². The number of hydrogen-bond acceptors (Lipinski definition) is 5. The molecule has 0 aliphatic rings. The minimum atomic E-state index is -3.50. The molecule has 162 valence electrons. The fraction of sp³-hybridized carbons (Fsp3) is 0.300. The van der Waals surface area contributed by atoms with Gasteiger partial charge >= 0.3 is 0 Å². The molecule has 0 fully saturated rings. The van der Waals surface area contributed by atoms with Crippen LogP contribution in [0.5, 0.6) is 5.75 Å². The van der Waals surface area contributed by atoms with Crippen molar-refractivity contribution in [2.24, 2.45) is 0 Å². The van der Waals surface area contributed by atoms with Crippen LogP contribution in [-0.2, 0) is 10.0 Å². The Kier molecular flexibility index (Phi) is 8.78. The van der Waals surface area contributed by atoms with Crippen molar-refractivity contribution in [2.75, 3.05) is 26.0 Å². The SMILES string of the molecule is CCCCOc1ccc(C(=O)NC(=S)Nc2ccc(S(=O)(=O)N(C)C)cc2)cc1Br. The van der Waals surface area contributed by atoms with Gasteiger partial charge in [-0.3, -0.25) is 10.1 Å². The molecule has 10 heteroatoms. The summed E-state index contributed by atoms with van der Waals surface area (Å²) in [6.07, 6.45) is 1.99. The van der Waals surface area contributed by atoms with E-state index in [9.17, 15) is 13.2 Å². The molecule has 0 aliphatic carbocycles. The maximum Gasteiger partial charge on any atom is 0.257 e. The van der Waals surface area contributed by atoms with Gasteiger partial charge < -0.3 is 10.1 Å². The normalized spacial score (nSPS) is 11.2. The van der Waals surface area contributed by atoms with Crippen molar-refractivity contribution in [3.05, 3.63) is 52.5 Å². The van der Waals surface area contributed by atoms with Crippen LogP contribution < -0.4 is 15.4 Å². The predicted octanol–water partition coefficient (Wildman–Crippen LogP) is 4.01. The number of nitrogens with zero attached hydrogens (tertiary/aromatic N) is 1. The average molecular weight is 514 g/mol. The van der Waals surface area contributed by atoms with E-state index >= 15 is 0 Å². The van der Waals surface area contributed by atoms with E-state index < -0.39 is 10.0 Å². The zero-order valence-electron chi connectivity index (χ0n) is 16.9. The molecule has 0 unspecified atom stereocenters. The second kappa shape index (κ2) is 10.9. The van der Waals surface area contributed by atoms with Crippen molar-refractivity contribution in [3.8, 4) is 5.75 Å². The van der Waals surface area contributed by atoms with Crippen LogP contribution in [0.1, 0.15) is 30.1 Å². The van der Waals surface area contributed by atoms with Gasteiger partial charge in [0.05, 0.1) is 16.0 Å². The molecule has 0 heterocycles. The lowest BCUT2D eigenvalue weighted by Crippen LogP contribution is -2.34. The van der Waals surface area contributed by atoms with Crippen molar-refractivity contribution in [3.63, 3.8) is 0 Å². The van der Waals surface area contributed by atoms with E-state index in [1.54, 1.807) is 30.3 Å². The maximum absolute atomic E-state index is 12.4. The predicted molar refractivity (Wildman–Crippen MR) is 126 cm³/mol. The first-order chi connectivity index (χ1) is 14.1. The van der Waals surface area contributed by atoms with Crippen LogP contribution in [0.4, 0.5) is 5.69 Å². The van der Waals surface area contributed by atoms with E-state index in [1.165, 1.54) is 26.2 Å². The van der Waals surface area contributed by atoms with Crippen LogP contribution in [-0.4, -0.2) is 44.4 Å². The largest absolute Gasteiger partial charge is 0.492 e. The minimum Gasteiger partial charge on any atom is -0.492 e. The summed E-state index contributed by atoms with van der Waals surface area (Å²) in [5.74, 6) is 0.300. The van der Waals surface area contributed by atoms with Gasteiger partial charge in [0.1, 0.15) is 5.75 Å². The van der Waals surface area contributed by atoms with Gasteiger partial charge in [0.25, 0.3) is 5.91 Å². The Labute approximate surface area is 191 Å². The number of thiocarbonyl (C=S) groups is 1. The van der Waals surface area contributed by atoms with E-state index in [4.69, 9.17) is 17.0 Å². The fourth-order valence-electron chi connectivity index (χ4n) is 2.34. The van der Waals surface area contributed by atoms with Gasteiger partial charge in [-0.1, -0.05) is 13.3 Å². The van der Waals surface area contributed by atoms with Crippen LogP contribution in [0.2, 0.25) is 0 Å². The number of nitrogens with one attached hydrogen (secondary N) is 2. The molecule has 0 radical (unpaired) electrons. The number of benzene rings is 2. The molecule has 0 saturated heterocycles. The number of amides is 1. The summed E-state index contributed by atoms with van der Waals surface area (Å²) in [5, 5.41) is 5.57. The molecule has 1 amide bonds. The summed E-state index contributed by atoms with van der Waals surface area (Å²) in [7, 11) is -0.571. The fourth-order valence-corrected chi connectivity index (χ4v) is 3.95. The summed E-state index contributed by atoms with van der Waals surface area (Å²) >= 11 is 8.60. The van der Waals surface area contributed by atoms with Gasteiger partial charge in [-0.15, -0.1) is 0 Å². The van der Waals surface area contributed by atoms with E-state index in [0.29, 0.717) is 28.1 Å². The molecule has 0 bridgehead atoms. The van der Waals surface area contributed by atoms with Gasteiger partial charge in [-0.25, -0.2) is 12.7 Å². The number of rotatable bonds is 8. The Morgan fingerprint density at radius 1 is 1.17 bits per heavy atom. The smallest absolute Gasteiger partial charge is 0.257 e. The van der Waals surface area contributed by atoms with Crippen LogP contribution in [0.25, 0.3) is 0 Å². The van der Waals surface area contributed by atoms with Gasteiger partial charge in [-0.2, -0.15) is 0 Å². The van der Waals surface area contributed by atoms with Gasteiger partial charge in [-0.05, 0) is 77.0 Å². The second-order valence-electron chi connectivity index (χ2n) is 6.57. The lowest BCUT2D eigenvalue weighted by atomic mass is 10.2. The Bertz CT molecular complexity index is 1010. The maximum atomic E-state index is 12.4. The molecular formula is C20H24BrN3O4S2. The van der Waals surface area contributed by atoms with Crippen molar-refractivity contribution in [1.82, 2.24) is 9.62 Å². The van der Waals surface area contributed by atoms with Crippen LogP contribution >= 0.6 is 28.1 Å². The highest BCUT2D eigenvalue weighted by Gasteiger charge is 2.17.